The number of carbonyl (C=O) groups is 2. The summed E-state index contributed by atoms with van der Waals surface area (Å²) >= 11 is 0. The maximum Gasteiger partial charge on any atom is 0.225 e. The van der Waals surface area contributed by atoms with Crippen LogP contribution in [-0.4, -0.2) is 29.3 Å². The van der Waals surface area contributed by atoms with Gasteiger partial charge in [0, 0.05) is 25.6 Å². The lowest BCUT2D eigenvalue weighted by Gasteiger charge is -2.34. The molecular formula is C17H22N2O2. The maximum atomic E-state index is 12.2. The molecule has 1 unspecified atom stereocenters. The molecule has 1 N–H and O–H groups in total. The topological polar surface area (TPSA) is 49.4 Å². The number of nitrogens with one attached hydrogen (secondary N) is 1. The van der Waals surface area contributed by atoms with Gasteiger partial charge in [0.25, 0.3) is 0 Å². The number of amides is 2. The zero-order valence-corrected chi connectivity index (χ0v) is 12.5. The predicted octanol–water partition coefficient (Wildman–Crippen LogP) is 2.01. The highest BCUT2D eigenvalue weighted by Gasteiger charge is 2.39. The van der Waals surface area contributed by atoms with E-state index in [0.717, 1.165) is 18.4 Å². The van der Waals surface area contributed by atoms with E-state index in [1.165, 1.54) is 12.0 Å². The summed E-state index contributed by atoms with van der Waals surface area (Å²) in [5, 5.41) is 2.96. The molecule has 1 aliphatic heterocycles. The Labute approximate surface area is 125 Å². The van der Waals surface area contributed by atoms with E-state index in [1.54, 1.807) is 0 Å². The Kier molecular flexibility index (Phi) is 3.95. The number of nitrogens with zero attached hydrogens (tertiary/aromatic N) is 1. The van der Waals surface area contributed by atoms with Crippen molar-refractivity contribution in [2.24, 2.45) is 5.92 Å². The first-order chi connectivity index (χ1) is 10.1. The number of carbonyl (C=O) groups excluding carboxylic acids is 2. The summed E-state index contributed by atoms with van der Waals surface area (Å²) in [6, 6.07) is 8.52. The second-order valence-corrected chi connectivity index (χ2v) is 6.24. The minimum Gasteiger partial charge on any atom is -0.352 e. The lowest BCUT2D eigenvalue weighted by atomic mass is 9.92. The molecule has 1 aromatic rings. The van der Waals surface area contributed by atoms with Gasteiger partial charge in [0.1, 0.15) is 0 Å². The van der Waals surface area contributed by atoms with Crippen LogP contribution in [-0.2, 0) is 16.1 Å². The smallest absolute Gasteiger partial charge is 0.225 e. The van der Waals surface area contributed by atoms with E-state index in [4.69, 9.17) is 0 Å². The molecule has 1 saturated carbocycles. The SMILES string of the molecule is Cc1ccc(CNC(=O)C2CC(=O)N(C3CCC3)C2)cc1. The zero-order chi connectivity index (χ0) is 14.8. The van der Waals surface area contributed by atoms with Crippen LogP contribution in [0.5, 0.6) is 0 Å². The van der Waals surface area contributed by atoms with Crippen LogP contribution in [0.1, 0.15) is 36.8 Å². The van der Waals surface area contributed by atoms with E-state index in [-0.39, 0.29) is 17.7 Å². The second kappa shape index (κ2) is 5.88. The fourth-order valence-corrected chi connectivity index (χ4v) is 3.00. The maximum absolute atomic E-state index is 12.2. The van der Waals surface area contributed by atoms with Gasteiger partial charge < -0.3 is 10.2 Å². The second-order valence-electron chi connectivity index (χ2n) is 6.24. The van der Waals surface area contributed by atoms with Crippen molar-refractivity contribution in [3.05, 3.63) is 35.4 Å². The molecule has 0 bridgehead atoms. The molecule has 1 saturated heterocycles. The van der Waals surface area contributed by atoms with Gasteiger partial charge in [0.2, 0.25) is 11.8 Å². The van der Waals surface area contributed by atoms with Crippen molar-refractivity contribution < 1.29 is 9.59 Å². The van der Waals surface area contributed by atoms with Crippen molar-refractivity contribution in [2.75, 3.05) is 6.54 Å². The standard InChI is InChI=1S/C17H22N2O2/c1-12-5-7-13(8-6-12)10-18-17(21)14-9-16(20)19(11-14)15-3-2-4-15/h5-8,14-15H,2-4,9-11H2,1H3,(H,18,21). The molecule has 0 radical (unpaired) electrons. The summed E-state index contributed by atoms with van der Waals surface area (Å²) in [4.78, 5) is 26.1. The van der Waals surface area contributed by atoms with E-state index < -0.39 is 0 Å². The van der Waals surface area contributed by atoms with Gasteiger partial charge in [-0.1, -0.05) is 29.8 Å². The average Bonchev–Trinajstić information content (AvgIpc) is 2.78. The summed E-state index contributed by atoms with van der Waals surface area (Å²) < 4.78 is 0. The van der Waals surface area contributed by atoms with Gasteiger partial charge >= 0.3 is 0 Å². The predicted molar refractivity (Wildman–Crippen MR) is 80.5 cm³/mol. The number of rotatable bonds is 4. The van der Waals surface area contributed by atoms with E-state index in [2.05, 4.69) is 5.32 Å². The molecule has 0 spiro atoms. The molecule has 1 aliphatic carbocycles. The first-order valence-corrected chi connectivity index (χ1v) is 7.76. The van der Waals surface area contributed by atoms with Crippen LogP contribution in [0.3, 0.4) is 0 Å². The van der Waals surface area contributed by atoms with Gasteiger partial charge in [-0.3, -0.25) is 9.59 Å². The Bertz CT molecular complexity index is 534. The minimum atomic E-state index is -0.177. The Balaban J connectivity index is 1.51. The van der Waals surface area contributed by atoms with Gasteiger partial charge in [-0.2, -0.15) is 0 Å². The highest BCUT2D eigenvalue weighted by Crippen LogP contribution is 2.30. The lowest BCUT2D eigenvalue weighted by Crippen LogP contribution is -2.42. The molecule has 2 fully saturated rings. The van der Waals surface area contributed by atoms with Crippen LogP contribution in [0, 0.1) is 12.8 Å². The van der Waals surface area contributed by atoms with Crippen LogP contribution in [0.4, 0.5) is 0 Å². The van der Waals surface area contributed by atoms with E-state index in [9.17, 15) is 9.59 Å². The summed E-state index contributed by atoms with van der Waals surface area (Å²) in [6.45, 7) is 3.18. The molecule has 4 nitrogen and oxygen atoms in total. The number of hydrogen-bond donors (Lipinski definition) is 1. The van der Waals surface area contributed by atoms with Crippen molar-refractivity contribution in [3.8, 4) is 0 Å². The first kappa shape index (κ1) is 14.1. The Hall–Kier alpha value is -1.84. The molecule has 3 rings (SSSR count). The van der Waals surface area contributed by atoms with Crippen molar-refractivity contribution in [2.45, 2.75) is 45.2 Å². The molecule has 1 atom stereocenters. The summed E-state index contributed by atoms with van der Waals surface area (Å²) in [7, 11) is 0. The normalized spacial score (nSPS) is 22.2. The number of hydrogen-bond acceptors (Lipinski definition) is 2. The molecule has 21 heavy (non-hydrogen) atoms. The fraction of sp³-hybridized carbons (Fsp3) is 0.529. The van der Waals surface area contributed by atoms with Crippen molar-refractivity contribution in [1.82, 2.24) is 10.2 Å². The number of aryl methyl sites for hydroxylation is 1. The molecule has 1 aromatic carbocycles. The fourth-order valence-electron chi connectivity index (χ4n) is 3.00. The summed E-state index contributed by atoms with van der Waals surface area (Å²) in [5.41, 5.74) is 2.30. The molecule has 112 valence electrons. The summed E-state index contributed by atoms with van der Waals surface area (Å²) in [5.74, 6) is -0.0236. The highest BCUT2D eigenvalue weighted by atomic mass is 16.2. The van der Waals surface area contributed by atoms with Crippen LogP contribution >= 0.6 is 0 Å². The molecule has 4 heteroatoms. The first-order valence-electron chi connectivity index (χ1n) is 7.76. The van der Waals surface area contributed by atoms with E-state index in [1.807, 2.05) is 36.1 Å². The van der Waals surface area contributed by atoms with Crippen molar-refractivity contribution in [1.29, 1.82) is 0 Å². The van der Waals surface area contributed by atoms with Gasteiger partial charge in [-0.05, 0) is 31.7 Å². The lowest BCUT2D eigenvalue weighted by molar-refractivity contribution is -0.131. The molecule has 2 aliphatic rings. The largest absolute Gasteiger partial charge is 0.352 e. The van der Waals surface area contributed by atoms with Gasteiger partial charge in [0.15, 0.2) is 0 Å². The quantitative estimate of drug-likeness (QED) is 0.920. The number of benzene rings is 1. The Morgan fingerprint density at radius 1 is 1.29 bits per heavy atom. The molecule has 0 aromatic heterocycles. The third kappa shape index (κ3) is 3.09. The minimum absolute atomic E-state index is 0.00532. The van der Waals surface area contributed by atoms with Gasteiger partial charge in [-0.15, -0.1) is 0 Å². The Morgan fingerprint density at radius 3 is 2.62 bits per heavy atom. The van der Waals surface area contributed by atoms with Gasteiger partial charge in [-0.25, -0.2) is 0 Å². The van der Waals surface area contributed by atoms with Crippen LogP contribution in [0.2, 0.25) is 0 Å². The molecule has 1 heterocycles. The summed E-state index contributed by atoms with van der Waals surface area (Å²) in [6.07, 6.45) is 3.78. The van der Waals surface area contributed by atoms with Gasteiger partial charge in [0.05, 0.1) is 5.92 Å². The monoisotopic (exact) mass is 286 g/mol. The van der Waals surface area contributed by atoms with E-state index in [0.29, 0.717) is 25.6 Å². The molecular weight excluding hydrogens is 264 g/mol. The Morgan fingerprint density at radius 2 is 2.00 bits per heavy atom. The zero-order valence-electron chi connectivity index (χ0n) is 12.5. The number of likely N-dealkylation sites (tertiary alicyclic amines) is 1. The van der Waals surface area contributed by atoms with Crippen molar-refractivity contribution >= 4 is 11.8 Å². The van der Waals surface area contributed by atoms with Crippen LogP contribution < -0.4 is 5.32 Å². The molecule has 2 amide bonds. The van der Waals surface area contributed by atoms with E-state index >= 15 is 0 Å². The third-order valence-electron chi connectivity index (χ3n) is 4.63. The van der Waals surface area contributed by atoms with Crippen molar-refractivity contribution in [3.63, 3.8) is 0 Å². The average molecular weight is 286 g/mol. The van der Waals surface area contributed by atoms with Crippen LogP contribution in [0.25, 0.3) is 0 Å². The van der Waals surface area contributed by atoms with Crippen LogP contribution in [0.15, 0.2) is 24.3 Å². The highest BCUT2D eigenvalue weighted by molar-refractivity contribution is 5.89. The third-order valence-corrected chi connectivity index (χ3v) is 4.63.